The lowest BCUT2D eigenvalue weighted by molar-refractivity contribution is 0.415. The molecule has 0 heterocycles. The van der Waals surface area contributed by atoms with Crippen LogP contribution in [-0.4, -0.2) is 20.8 Å². The van der Waals surface area contributed by atoms with E-state index in [0.717, 1.165) is 0 Å². The fourth-order valence-electron chi connectivity index (χ4n) is 1.27. The number of nitrogens with one attached hydrogen (secondary N) is 1. The Hall–Kier alpha value is -1.74. The number of rotatable bonds is 5. The smallest absolute Gasteiger partial charge is 0.249 e. The van der Waals surface area contributed by atoms with E-state index in [0.29, 0.717) is 11.4 Å². The molecule has 5 nitrogen and oxygen atoms in total. The second-order valence-electron chi connectivity index (χ2n) is 3.40. The number of hydrogen-bond donors (Lipinski definition) is 1. The van der Waals surface area contributed by atoms with Gasteiger partial charge in [-0.25, -0.2) is 8.42 Å². The van der Waals surface area contributed by atoms with Gasteiger partial charge in [0, 0.05) is 5.69 Å². The molecule has 0 bridgehead atoms. The standard InChI is InChI=1S/C11H14N2O3S/c1-3-11(8-12)17(14,15)13-9-4-6-10(16-2)7-5-9/h4-7,11,13H,3H2,1-2H3. The normalized spacial score (nSPS) is 12.5. The Morgan fingerprint density at radius 2 is 2.00 bits per heavy atom. The monoisotopic (exact) mass is 254 g/mol. The Kier molecular flexibility index (Phi) is 4.35. The zero-order chi connectivity index (χ0) is 12.9. The van der Waals surface area contributed by atoms with E-state index in [2.05, 4.69) is 4.72 Å². The summed E-state index contributed by atoms with van der Waals surface area (Å²) in [7, 11) is -2.12. The molecule has 0 spiro atoms. The number of methoxy groups -OCH3 is 1. The van der Waals surface area contributed by atoms with Crippen LogP contribution in [0, 0.1) is 11.3 Å². The number of nitrogens with zero attached hydrogens (tertiary/aromatic N) is 1. The van der Waals surface area contributed by atoms with E-state index in [1.165, 1.54) is 7.11 Å². The van der Waals surface area contributed by atoms with Crippen LogP contribution in [0.25, 0.3) is 0 Å². The van der Waals surface area contributed by atoms with Crippen molar-refractivity contribution in [2.24, 2.45) is 0 Å². The summed E-state index contributed by atoms with van der Waals surface area (Å²) in [5, 5.41) is 7.70. The summed E-state index contributed by atoms with van der Waals surface area (Å²) in [5.74, 6) is 0.639. The number of sulfonamides is 1. The van der Waals surface area contributed by atoms with Crippen molar-refractivity contribution in [1.82, 2.24) is 0 Å². The minimum Gasteiger partial charge on any atom is -0.497 e. The first kappa shape index (κ1) is 13.3. The van der Waals surface area contributed by atoms with Crippen LogP contribution < -0.4 is 9.46 Å². The lowest BCUT2D eigenvalue weighted by Gasteiger charge is -2.11. The maximum absolute atomic E-state index is 11.8. The third kappa shape index (κ3) is 3.36. The largest absolute Gasteiger partial charge is 0.497 e. The Morgan fingerprint density at radius 3 is 2.41 bits per heavy atom. The summed E-state index contributed by atoms with van der Waals surface area (Å²) in [6.07, 6.45) is 0.252. The summed E-state index contributed by atoms with van der Waals surface area (Å²) >= 11 is 0. The minimum absolute atomic E-state index is 0.252. The predicted octanol–water partition coefficient (Wildman–Crippen LogP) is 1.74. The molecule has 1 rings (SSSR count). The lowest BCUT2D eigenvalue weighted by Crippen LogP contribution is -2.25. The van der Waals surface area contributed by atoms with Crippen LogP contribution in [0.15, 0.2) is 24.3 Å². The van der Waals surface area contributed by atoms with Gasteiger partial charge in [-0.2, -0.15) is 5.26 Å². The second kappa shape index (κ2) is 5.55. The van der Waals surface area contributed by atoms with E-state index in [9.17, 15) is 8.42 Å². The zero-order valence-electron chi connectivity index (χ0n) is 9.67. The van der Waals surface area contributed by atoms with E-state index in [-0.39, 0.29) is 6.42 Å². The Morgan fingerprint density at radius 1 is 1.41 bits per heavy atom. The fourth-order valence-corrected chi connectivity index (χ4v) is 2.46. The first-order valence-electron chi connectivity index (χ1n) is 5.08. The summed E-state index contributed by atoms with van der Waals surface area (Å²) in [6, 6.07) is 8.22. The zero-order valence-corrected chi connectivity index (χ0v) is 10.5. The number of ether oxygens (including phenoxy) is 1. The van der Waals surface area contributed by atoms with E-state index in [1.54, 1.807) is 37.3 Å². The van der Waals surface area contributed by atoms with Crippen LogP contribution in [0.4, 0.5) is 5.69 Å². The minimum atomic E-state index is -3.65. The van der Waals surface area contributed by atoms with Gasteiger partial charge in [0.25, 0.3) is 0 Å². The molecular formula is C11H14N2O3S. The first-order chi connectivity index (χ1) is 8.03. The lowest BCUT2D eigenvalue weighted by atomic mass is 10.3. The predicted molar refractivity (Wildman–Crippen MR) is 65.2 cm³/mol. The highest BCUT2D eigenvalue weighted by atomic mass is 32.2. The Bertz CT molecular complexity index is 503. The average molecular weight is 254 g/mol. The highest BCUT2D eigenvalue weighted by Crippen LogP contribution is 2.17. The fraction of sp³-hybridized carbons (Fsp3) is 0.364. The van der Waals surface area contributed by atoms with Gasteiger partial charge in [0.05, 0.1) is 13.2 Å². The molecule has 92 valence electrons. The molecular weight excluding hydrogens is 240 g/mol. The second-order valence-corrected chi connectivity index (χ2v) is 5.26. The molecule has 6 heteroatoms. The SMILES string of the molecule is CCC(C#N)S(=O)(=O)Nc1ccc(OC)cc1. The van der Waals surface area contributed by atoms with Gasteiger partial charge < -0.3 is 4.74 Å². The van der Waals surface area contributed by atoms with Gasteiger partial charge in [-0.1, -0.05) is 6.92 Å². The van der Waals surface area contributed by atoms with Gasteiger partial charge >= 0.3 is 0 Å². The molecule has 0 saturated carbocycles. The van der Waals surface area contributed by atoms with Crippen molar-refractivity contribution in [2.45, 2.75) is 18.6 Å². The molecule has 1 aromatic rings. The molecule has 0 fully saturated rings. The number of benzene rings is 1. The molecule has 1 unspecified atom stereocenters. The summed E-state index contributed by atoms with van der Waals surface area (Å²) in [4.78, 5) is 0. The van der Waals surface area contributed by atoms with E-state index >= 15 is 0 Å². The summed E-state index contributed by atoms with van der Waals surface area (Å²) < 4.78 is 30.8. The summed E-state index contributed by atoms with van der Waals surface area (Å²) in [6.45, 7) is 1.65. The third-order valence-corrected chi connectivity index (χ3v) is 3.95. The highest BCUT2D eigenvalue weighted by molar-refractivity contribution is 7.93. The van der Waals surface area contributed by atoms with Crippen molar-refractivity contribution in [1.29, 1.82) is 5.26 Å². The number of anilines is 1. The molecule has 1 N–H and O–H groups in total. The van der Waals surface area contributed by atoms with Crippen LogP contribution in [-0.2, 0) is 10.0 Å². The van der Waals surface area contributed by atoms with Crippen LogP contribution in [0.2, 0.25) is 0 Å². The Labute approximate surface area is 101 Å². The van der Waals surface area contributed by atoms with Crippen molar-refractivity contribution in [2.75, 3.05) is 11.8 Å². The van der Waals surface area contributed by atoms with Gasteiger partial charge in [-0.3, -0.25) is 4.72 Å². The molecule has 1 atom stereocenters. The molecule has 1 aromatic carbocycles. The van der Waals surface area contributed by atoms with Gasteiger partial charge in [-0.15, -0.1) is 0 Å². The molecule has 0 saturated heterocycles. The molecule has 0 aliphatic carbocycles. The molecule has 17 heavy (non-hydrogen) atoms. The molecule has 0 aliphatic rings. The molecule has 0 radical (unpaired) electrons. The van der Waals surface area contributed by atoms with E-state index in [4.69, 9.17) is 10.00 Å². The van der Waals surface area contributed by atoms with Gasteiger partial charge in [0.15, 0.2) is 5.25 Å². The highest BCUT2D eigenvalue weighted by Gasteiger charge is 2.23. The third-order valence-electron chi connectivity index (χ3n) is 2.24. The number of nitriles is 1. The van der Waals surface area contributed by atoms with Crippen molar-refractivity contribution in [3.63, 3.8) is 0 Å². The molecule has 0 aromatic heterocycles. The van der Waals surface area contributed by atoms with Gasteiger partial charge in [-0.05, 0) is 30.7 Å². The Balaban J connectivity index is 2.87. The quantitative estimate of drug-likeness (QED) is 0.868. The number of hydrogen-bond acceptors (Lipinski definition) is 4. The van der Waals surface area contributed by atoms with Crippen molar-refractivity contribution < 1.29 is 13.2 Å². The van der Waals surface area contributed by atoms with Crippen molar-refractivity contribution >= 4 is 15.7 Å². The molecule has 0 aliphatic heterocycles. The molecule has 0 amide bonds. The van der Waals surface area contributed by atoms with Crippen LogP contribution in [0.3, 0.4) is 0 Å². The van der Waals surface area contributed by atoms with Gasteiger partial charge in [0.1, 0.15) is 5.75 Å². The topological polar surface area (TPSA) is 79.2 Å². The summed E-state index contributed by atoms with van der Waals surface area (Å²) in [5.41, 5.74) is 0.416. The maximum Gasteiger partial charge on any atom is 0.249 e. The van der Waals surface area contributed by atoms with E-state index in [1.807, 2.05) is 0 Å². The van der Waals surface area contributed by atoms with E-state index < -0.39 is 15.3 Å². The average Bonchev–Trinajstić information content (AvgIpc) is 2.30. The van der Waals surface area contributed by atoms with Crippen molar-refractivity contribution in [3.8, 4) is 11.8 Å². The maximum atomic E-state index is 11.8. The van der Waals surface area contributed by atoms with Crippen molar-refractivity contribution in [3.05, 3.63) is 24.3 Å². The van der Waals surface area contributed by atoms with Crippen LogP contribution in [0.5, 0.6) is 5.75 Å². The van der Waals surface area contributed by atoms with Crippen LogP contribution in [0.1, 0.15) is 13.3 Å². The van der Waals surface area contributed by atoms with Gasteiger partial charge in [0.2, 0.25) is 10.0 Å². The van der Waals surface area contributed by atoms with Crippen LogP contribution >= 0.6 is 0 Å². The first-order valence-corrected chi connectivity index (χ1v) is 6.63.